The minimum atomic E-state index is -0.126. The number of hydrogen-bond donors (Lipinski definition) is 3. The molecule has 0 aliphatic carbocycles. The summed E-state index contributed by atoms with van der Waals surface area (Å²) in [4.78, 5) is 0. The number of H-pyrrole nitrogens is 1. The van der Waals surface area contributed by atoms with Gasteiger partial charge in [-0.25, -0.2) is 5.10 Å². The van der Waals surface area contributed by atoms with Gasteiger partial charge in [0.15, 0.2) is 5.82 Å². The van der Waals surface area contributed by atoms with Crippen LogP contribution in [0.3, 0.4) is 0 Å². The standard InChI is InChI=1S/C19H25N5O/c1-12(2)18(13(3)25)17(19-21-23-24-22-19)10-14-6-4-5-7-16(14)15-8-9-20-11-15/h4-8,12,17-18,20,25H,3,9-11H2,1-2H3,(H,21,22,23,24)/t17-,18+/m0/s1. The van der Waals surface area contributed by atoms with Gasteiger partial charge in [-0.1, -0.05) is 50.8 Å². The number of benzene rings is 1. The van der Waals surface area contributed by atoms with E-state index >= 15 is 0 Å². The van der Waals surface area contributed by atoms with Crippen LogP contribution in [0.25, 0.3) is 5.57 Å². The van der Waals surface area contributed by atoms with Gasteiger partial charge in [-0.3, -0.25) is 0 Å². The van der Waals surface area contributed by atoms with Crippen molar-refractivity contribution < 1.29 is 5.11 Å². The third-order valence-electron chi connectivity index (χ3n) is 4.86. The lowest BCUT2D eigenvalue weighted by Gasteiger charge is -2.28. The number of aromatic amines is 1. The molecular formula is C19H25N5O. The summed E-state index contributed by atoms with van der Waals surface area (Å²) in [5, 5.41) is 28.0. The molecule has 0 spiro atoms. The fourth-order valence-electron chi connectivity index (χ4n) is 3.73. The first-order valence-corrected chi connectivity index (χ1v) is 8.67. The van der Waals surface area contributed by atoms with Gasteiger partial charge in [0, 0.05) is 24.9 Å². The molecule has 0 bridgehead atoms. The van der Waals surface area contributed by atoms with Gasteiger partial charge in [0.2, 0.25) is 0 Å². The van der Waals surface area contributed by atoms with E-state index in [0.717, 1.165) is 19.5 Å². The SMILES string of the molecule is C=C(O)[C@@H](C(C)C)[C@H](Cc1ccccc1C1=CCNC1)c1nnn[nH]1. The zero-order valence-corrected chi connectivity index (χ0v) is 14.7. The lowest BCUT2D eigenvalue weighted by atomic mass is 9.77. The van der Waals surface area contributed by atoms with Gasteiger partial charge >= 0.3 is 0 Å². The highest BCUT2D eigenvalue weighted by atomic mass is 16.3. The Morgan fingerprint density at radius 2 is 2.12 bits per heavy atom. The van der Waals surface area contributed by atoms with Crippen LogP contribution in [0.4, 0.5) is 0 Å². The highest BCUT2D eigenvalue weighted by Gasteiger charge is 2.32. The number of nitrogens with one attached hydrogen (secondary N) is 2. The Labute approximate surface area is 148 Å². The van der Waals surface area contributed by atoms with Gasteiger partial charge < -0.3 is 10.4 Å². The molecule has 0 saturated carbocycles. The lowest BCUT2D eigenvalue weighted by molar-refractivity contribution is 0.243. The predicted molar refractivity (Wildman–Crippen MR) is 98.0 cm³/mol. The Balaban J connectivity index is 1.98. The molecule has 1 aliphatic rings. The van der Waals surface area contributed by atoms with E-state index in [2.05, 4.69) is 76.7 Å². The van der Waals surface area contributed by atoms with Crippen molar-refractivity contribution in [3.63, 3.8) is 0 Å². The minimum absolute atomic E-state index is 0.0661. The summed E-state index contributed by atoms with van der Waals surface area (Å²) in [5.41, 5.74) is 3.79. The molecule has 3 rings (SSSR count). The first kappa shape index (κ1) is 17.4. The Bertz CT molecular complexity index is 751. The van der Waals surface area contributed by atoms with Gasteiger partial charge in [0.05, 0.1) is 5.76 Å². The second kappa shape index (κ2) is 7.61. The van der Waals surface area contributed by atoms with Crippen LogP contribution in [0.5, 0.6) is 0 Å². The van der Waals surface area contributed by atoms with Crippen LogP contribution in [0.1, 0.15) is 36.7 Å². The zero-order valence-electron chi connectivity index (χ0n) is 14.7. The van der Waals surface area contributed by atoms with Crippen LogP contribution < -0.4 is 5.32 Å². The maximum Gasteiger partial charge on any atom is 0.152 e. The van der Waals surface area contributed by atoms with Gasteiger partial charge in [-0.2, -0.15) is 0 Å². The number of hydrogen-bond acceptors (Lipinski definition) is 5. The lowest BCUT2D eigenvalue weighted by Crippen LogP contribution is -2.24. The topological polar surface area (TPSA) is 86.7 Å². The number of rotatable bonds is 7. The molecule has 0 fully saturated rings. The van der Waals surface area contributed by atoms with Gasteiger partial charge in [0.25, 0.3) is 0 Å². The van der Waals surface area contributed by atoms with E-state index in [1.165, 1.54) is 16.7 Å². The third kappa shape index (κ3) is 3.79. The molecule has 6 heteroatoms. The Morgan fingerprint density at radius 1 is 1.32 bits per heavy atom. The summed E-state index contributed by atoms with van der Waals surface area (Å²) in [5.74, 6) is 0.882. The number of tetrazole rings is 1. The molecule has 0 unspecified atom stereocenters. The summed E-state index contributed by atoms with van der Waals surface area (Å²) in [7, 11) is 0. The van der Waals surface area contributed by atoms with Crippen molar-refractivity contribution in [2.24, 2.45) is 11.8 Å². The molecule has 0 amide bonds. The molecule has 1 aliphatic heterocycles. The summed E-state index contributed by atoms with van der Waals surface area (Å²) < 4.78 is 0. The van der Waals surface area contributed by atoms with E-state index in [1.807, 2.05) is 0 Å². The molecule has 132 valence electrons. The molecular weight excluding hydrogens is 314 g/mol. The third-order valence-corrected chi connectivity index (χ3v) is 4.86. The first-order valence-electron chi connectivity index (χ1n) is 8.67. The van der Waals surface area contributed by atoms with E-state index in [4.69, 9.17) is 0 Å². The van der Waals surface area contributed by atoms with Crippen LogP contribution in [0, 0.1) is 11.8 Å². The summed E-state index contributed by atoms with van der Waals surface area (Å²) in [6.45, 7) is 9.75. The number of nitrogens with zero attached hydrogens (tertiary/aromatic N) is 3. The average molecular weight is 339 g/mol. The van der Waals surface area contributed by atoms with Crippen LogP contribution in [-0.4, -0.2) is 38.8 Å². The molecule has 0 radical (unpaired) electrons. The van der Waals surface area contributed by atoms with Crippen molar-refractivity contribution in [1.29, 1.82) is 0 Å². The quantitative estimate of drug-likeness (QED) is 0.675. The van der Waals surface area contributed by atoms with Crippen LogP contribution in [0.15, 0.2) is 42.7 Å². The van der Waals surface area contributed by atoms with Crippen molar-refractivity contribution >= 4 is 5.57 Å². The highest BCUT2D eigenvalue weighted by Crippen LogP contribution is 2.36. The molecule has 1 aromatic carbocycles. The Kier molecular flexibility index (Phi) is 5.28. The monoisotopic (exact) mass is 339 g/mol. The van der Waals surface area contributed by atoms with Crippen molar-refractivity contribution in [2.75, 3.05) is 13.1 Å². The van der Waals surface area contributed by atoms with Gasteiger partial charge in [-0.15, -0.1) is 5.10 Å². The maximum absolute atomic E-state index is 10.2. The first-order chi connectivity index (χ1) is 12.1. The number of allylic oxidation sites excluding steroid dienone is 1. The molecule has 6 nitrogen and oxygen atoms in total. The van der Waals surface area contributed by atoms with Crippen LogP contribution >= 0.6 is 0 Å². The van der Waals surface area contributed by atoms with E-state index < -0.39 is 0 Å². The fourth-order valence-corrected chi connectivity index (χ4v) is 3.73. The maximum atomic E-state index is 10.2. The molecule has 0 saturated heterocycles. The molecule has 3 N–H and O–H groups in total. The smallest absolute Gasteiger partial charge is 0.152 e. The summed E-state index contributed by atoms with van der Waals surface area (Å²) in [6.07, 6.45) is 2.96. The van der Waals surface area contributed by atoms with E-state index in [-0.39, 0.29) is 23.5 Å². The summed E-state index contributed by atoms with van der Waals surface area (Å²) in [6, 6.07) is 8.41. The van der Waals surface area contributed by atoms with Crippen molar-refractivity contribution in [3.8, 4) is 0 Å². The molecule has 2 heterocycles. The molecule has 2 atom stereocenters. The van der Waals surface area contributed by atoms with E-state index in [1.54, 1.807) is 0 Å². The Morgan fingerprint density at radius 3 is 2.72 bits per heavy atom. The average Bonchev–Trinajstić information content (AvgIpc) is 3.28. The number of aliphatic hydroxyl groups excluding tert-OH is 1. The van der Waals surface area contributed by atoms with Crippen molar-refractivity contribution in [3.05, 3.63) is 59.6 Å². The molecule has 1 aromatic heterocycles. The van der Waals surface area contributed by atoms with Crippen molar-refractivity contribution in [2.45, 2.75) is 26.2 Å². The largest absolute Gasteiger partial charge is 0.513 e. The Hall–Kier alpha value is -2.47. The van der Waals surface area contributed by atoms with Gasteiger partial charge in [-0.05, 0) is 39.5 Å². The van der Waals surface area contributed by atoms with Gasteiger partial charge in [0.1, 0.15) is 0 Å². The normalized spacial score (nSPS) is 16.7. The zero-order chi connectivity index (χ0) is 17.8. The van der Waals surface area contributed by atoms with Crippen molar-refractivity contribution in [1.82, 2.24) is 25.9 Å². The van der Waals surface area contributed by atoms with Crippen LogP contribution in [-0.2, 0) is 6.42 Å². The summed E-state index contributed by atoms with van der Waals surface area (Å²) >= 11 is 0. The molecule has 25 heavy (non-hydrogen) atoms. The van der Waals surface area contributed by atoms with E-state index in [0.29, 0.717) is 5.82 Å². The minimum Gasteiger partial charge on any atom is -0.513 e. The van der Waals surface area contributed by atoms with Crippen LogP contribution in [0.2, 0.25) is 0 Å². The second-order valence-corrected chi connectivity index (χ2v) is 6.88. The predicted octanol–water partition coefficient (Wildman–Crippen LogP) is 2.86. The number of aromatic nitrogens is 4. The van der Waals surface area contributed by atoms with E-state index in [9.17, 15) is 5.11 Å². The highest BCUT2D eigenvalue weighted by molar-refractivity contribution is 5.71. The second-order valence-electron chi connectivity index (χ2n) is 6.88. The molecule has 2 aromatic rings. The fraction of sp³-hybridized carbons (Fsp3) is 0.421. The number of aliphatic hydroxyl groups is 1.